The fourth-order valence-corrected chi connectivity index (χ4v) is 4.77. The highest BCUT2D eigenvalue weighted by molar-refractivity contribution is 7.91. The van der Waals surface area contributed by atoms with E-state index in [0.29, 0.717) is 18.9 Å². The molecule has 150 valence electrons. The molecule has 2 aromatic rings. The van der Waals surface area contributed by atoms with Gasteiger partial charge in [-0.3, -0.25) is 4.79 Å². The highest BCUT2D eigenvalue weighted by atomic mass is 32.2. The number of rotatable bonds is 6. The number of carbonyl (C=O) groups is 1. The summed E-state index contributed by atoms with van der Waals surface area (Å²) in [5.74, 6) is 0.507. The Balaban J connectivity index is 1.56. The molecule has 0 atom stereocenters. The van der Waals surface area contributed by atoms with Crippen molar-refractivity contribution in [3.05, 3.63) is 53.6 Å². The molecule has 1 aromatic carbocycles. The molecule has 28 heavy (non-hydrogen) atoms. The van der Waals surface area contributed by atoms with Gasteiger partial charge in [-0.15, -0.1) is 0 Å². The van der Waals surface area contributed by atoms with Crippen molar-refractivity contribution >= 4 is 15.7 Å². The molecular weight excluding hydrogens is 378 g/mol. The molecule has 0 aliphatic carbocycles. The molecule has 1 N–H and O–H groups in total. The van der Waals surface area contributed by atoms with Gasteiger partial charge in [0.25, 0.3) is 0 Å². The first-order chi connectivity index (χ1) is 13.4. The molecule has 0 bridgehead atoms. The molecule has 8 heteroatoms. The first kappa shape index (κ1) is 20.4. The Hall–Kier alpha value is -2.32. The van der Waals surface area contributed by atoms with Crippen molar-refractivity contribution in [3.63, 3.8) is 0 Å². The Labute approximate surface area is 165 Å². The highest BCUT2D eigenvalue weighted by Crippen LogP contribution is 2.29. The smallest absolute Gasteiger partial charge is 0.223 e. The molecule has 1 aromatic heterocycles. The summed E-state index contributed by atoms with van der Waals surface area (Å²) in [5, 5.41) is 9.52. The molecule has 1 amide bonds. The number of amides is 1. The summed E-state index contributed by atoms with van der Waals surface area (Å²) in [4.78, 5) is 23.1. The van der Waals surface area contributed by atoms with E-state index in [-0.39, 0.29) is 35.5 Å². The molecule has 0 spiro atoms. The minimum absolute atomic E-state index is 0.0175. The molecule has 2 heterocycles. The lowest BCUT2D eigenvalue weighted by Crippen LogP contribution is -2.39. The fourth-order valence-electron chi connectivity index (χ4n) is 3.52. The molecule has 1 fully saturated rings. The average molecular weight is 404 g/mol. The van der Waals surface area contributed by atoms with Gasteiger partial charge in [0.1, 0.15) is 5.82 Å². The second-order valence-corrected chi connectivity index (χ2v) is 9.13. The van der Waals surface area contributed by atoms with Gasteiger partial charge in [0, 0.05) is 37.2 Å². The van der Waals surface area contributed by atoms with Crippen molar-refractivity contribution in [2.24, 2.45) is 0 Å². The van der Waals surface area contributed by atoms with Gasteiger partial charge in [-0.25, -0.2) is 18.4 Å². The predicted octanol–water partition coefficient (Wildman–Crippen LogP) is 1.85. The number of carbonyl (C=O) groups excluding carboxylic acids is 1. The minimum Gasteiger partial charge on any atom is -0.392 e. The number of aliphatic hydroxyl groups excluding tert-OH is 1. The van der Waals surface area contributed by atoms with Gasteiger partial charge in [-0.05, 0) is 31.9 Å². The standard InChI is InChI=1S/C20H25N3O4S/c1-15-21-13-17(14-24)20(22-15)16-7-10-23(11-8-16)19(25)9-12-28(26,27)18-5-3-2-4-6-18/h2-6,13,16,24H,7-12,14H2,1H3. The maximum absolute atomic E-state index is 12.5. The lowest BCUT2D eigenvalue weighted by Gasteiger charge is -2.32. The van der Waals surface area contributed by atoms with Crippen molar-refractivity contribution in [1.29, 1.82) is 0 Å². The molecule has 1 saturated heterocycles. The molecule has 0 unspecified atom stereocenters. The third kappa shape index (κ3) is 4.74. The van der Waals surface area contributed by atoms with Crippen LogP contribution in [-0.4, -0.2) is 53.1 Å². The fraction of sp³-hybridized carbons (Fsp3) is 0.450. The van der Waals surface area contributed by atoms with Gasteiger partial charge < -0.3 is 10.0 Å². The summed E-state index contributed by atoms with van der Waals surface area (Å²) in [6, 6.07) is 8.21. The summed E-state index contributed by atoms with van der Waals surface area (Å²) >= 11 is 0. The maximum Gasteiger partial charge on any atom is 0.223 e. The van der Waals surface area contributed by atoms with E-state index in [1.165, 1.54) is 0 Å². The van der Waals surface area contributed by atoms with E-state index >= 15 is 0 Å². The van der Waals surface area contributed by atoms with Crippen LogP contribution < -0.4 is 0 Å². The molecule has 1 aliphatic heterocycles. The van der Waals surface area contributed by atoms with Crippen LogP contribution in [0.2, 0.25) is 0 Å². The van der Waals surface area contributed by atoms with E-state index in [1.807, 2.05) is 6.92 Å². The number of likely N-dealkylation sites (tertiary alicyclic amines) is 1. The summed E-state index contributed by atoms with van der Waals surface area (Å²) in [7, 11) is -3.45. The van der Waals surface area contributed by atoms with Crippen molar-refractivity contribution < 1.29 is 18.3 Å². The van der Waals surface area contributed by atoms with Crippen LogP contribution in [0.4, 0.5) is 0 Å². The van der Waals surface area contributed by atoms with E-state index < -0.39 is 9.84 Å². The molecule has 3 rings (SSSR count). The first-order valence-electron chi connectivity index (χ1n) is 9.39. The zero-order valence-corrected chi connectivity index (χ0v) is 16.7. The second kappa shape index (κ2) is 8.79. The zero-order chi connectivity index (χ0) is 20.1. The Bertz CT molecular complexity index is 924. The van der Waals surface area contributed by atoms with E-state index in [1.54, 1.807) is 41.4 Å². The van der Waals surface area contributed by atoms with Gasteiger partial charge in [0.2, 0.25) is 5.91 Å². The number of aromatic nitrogens is 2. The van der Waals surface area contributed by atoms with Crippen LogP contribution >= 0.6 is 0 Å². The number of hydrogen-bond donors (Lipinski definition) is 1. The predicted molar refractivity (Wildman–Crippen MR) is 104 cm³/mol. The van der Waals surface area contributed by atoms with E-state index in [0.717, 1.165) is 24.1 Å². The maximum atomic E-state index is 12.5. The Morgan fingerprint density at radius 3 is 2.54 bits per heavy atom. The minimum atomic E-state index is -3.45. The summed E-state index contributed by atoms with van der Waals surface area (Å²) < 4.78 is 24.7. The van der Waals surface area contributed by atoms with Crippen molar-refractivity contribution in [2.45, 2.75) is 43.6 Å². The first-order valence-corrected chi connectivity index (χ1v) is 11.0. The number of aryl methyl sites for hydroxylation is 1. The third-order valence-electron chi connectivity index (χ3n) is 5.11. The monoisotopic (exact) mass is 403 g/mol. The number of benzene rings is 1. The molecule has 7 nitrogen and oxygen atoms in total. The Kier molecular flexibility index (Phi) is 6.41. The van der Waals surface area contributed by atoms with Gasteiger partial charge in [0.05, 0.1) is 22.9 Å². The molecule has 1 aliphatic rings. The third-order valence-corrected chi connectivity index (χ3v) is 6.84. The van der Waals surface area contributed by atoms with Crippen LogP contribution in [-0.2, 0) is 21.2 Å². The Morgan fingerprint density at radius 1 is 1.21 bits per heavy atom. The Morgan fingerprint density at radius 2 is 1.89 bits per heavy atom. The van der Waals surface area contributed by atoms with Crippen LogP contribution in [0.25, 0.3) is 0 Å². The molecule has 0 saturated carbocycles. The SMILES string of the molecule is Cc1ncc(CO)c(C2CCN(C(=O)CCS(=O)(=O)c3ccccc3)CC2)n1. The van der Waals surface area contributed by atoms with E-state index in [9.17, 15) is 18.3 Å². The average Bonchev–Trinajstić information content (AvgIpc) is 2.73. The van der Waals surface area contributed by atoms with E-state index in [4.69, 9.17) is 0 Å². The quantitative estimate of drug-likeness (QED) is 0.790. The van der Waals surface area contributed by atoms with Crippen molar-refractivity contribution in [1.82, 2.24) is 14.9 Å². The van der Waals surface area contributed by atoms with Gasteiger partial charge in [0.15, 0.2) is 9.84 Å². The normalized spacial score (nSPS) is 15.6. The summed E-state index contributed by atoms with van der Waals surface area (Å²) in [6.07, 6.45) is 3.11. The van der Waals surface area contributed by atoms with E-state index in [2.05, 4.69) is 9.97 Å². The lowest BCUT2D eigenvalue weighted by atomic mass is 9.91. The topological polar surface area (TPSA) is 100 Å². The van der Waals surface area contributed by atoms with Gasteiger partial charge in [-0.2, -0.15) is 0 Å². The van der Waals surface area contributed by atoms with Crippen LogP contribution in [0.5, 0.6) is 0 Å². The van der Waals surface area contributed by atoms with Crippen LogP contribution in [0.1, 0.15) is 42.3 Å². The molecular formula is C20H25N3O4S. The number of nitrogens with zero attached hydrogens (tertiary/aromatic N) is 3. The van der Waals surface area contributed by atoms with Crippen LogP contribution in [0, 0.1) is 6.92 Å². The molecule has 0 radical (unpaired) electrons. The summed E-state index contributed by atoms with van der Waals surface area (Å²) in [6.45, 7) is 2.83. The van der Waals surface area contributed by atoms with Crippen LogP contribution in [0.3, 0.4) is 0 Å². The lowest BCUT2D eigenvalue weighted by molar-refractivity contribution is -0.131. The number of aliphatic hydroxyl groups is 1. The number of sulfone groups is 1. The van der Waals surface area contributed by atoms with Crippen LogP contribution in [0.15, 0.2) is 41.4 Å². The van der Waals surface area contributed by atoms with Gasteiger partial charge >= 0.3 is 0 Å². The zero-order valence-electron chi connectivity index (χ0n) is 15.9. The number of hydrogen-bond acceptors (Lipinski definition) is 6. The van der Waals surface area contributed by atoms with Crippen molar-refractivity contribution in [2.75, 3.05) is 18.8 Å². The van der Waals surface area contributed by atoms with Crippen molar-refractivity contribution in [3.8, 4) is 0 Å². The second-order valence-electron chi connectivity index (χ2n) is 7.02. The largest absolute Gasteiger partial charge is 0.392 e. The summed E-state index contributed by atoms with van der Waals surface area (Å²) in [5.41, 5.74) is 1.58. The van der Waals surface area contributed by atoms with Gasteiger partial charge in [-0.1, -0.05) is 18.2 Å². The highest BCUT2D eigenvalue weighted by Gasteiger charge is 2.27. The number of piperidine rings is 1.